The summed E-state index contributed by atoms with van der Waals surface area (Å²) in [6.07, 6.45) is 1.11. The molecule has 0 saturated carbocycles. The van der Waals surface area contributed by atoms with E-state index in [1.54, 1.807) is 0 Å². The molecule has 1 N–H and O–H groups in total. The Labute approximate surface area is 139 Å². The van der Waals surface area contributed by atoms with Crippen LogP contribution in [0.4, 0.5) is 0 Å². The normalized spacial score (nSPS) is 10.7. The van der Waals surface area contributed by atoms with Crippen LogP contribution in [0.3, 0.4) is 0 Å². The van der Waals surface area contributed by atoms with Gasteiger partial charge in [-0.2, -0.15) is 0 Å². The molecule has 0 heterocycles. The highest BCUT2D eigenvalue weighted by atomic mass is 79.9. The maximum absolute atomic E-state index is 6.22. The fourth-order valence-corrected chi connectivity index (χ4v) is 2.73. The highest BCUT2D eigenvalue weighted by Crippen LogP contribution is 2.33. The molecular formula is C17H19BrClNO. The van der Waals surface area contributed by atoms with Crippen LogP contribution in [0.5, 0.6) is 11.5 Å². The summed E-state index contributed by atoms with van der Waals surface area (Å²) in [5.74, 6) is 1.51. The molecule has 2 aromatic carbocycles. The van der Waals surface area contributed by atoms with Gasteiger partial charge in [0.15, 0.2) is 0 Å². The van der Waals surface area contributed by atoms with E-state index < -0.39 is 0 Å². The van der Waals surface area contributed by atoms with E-state index >= 15 is 0 Å². The third-order valence-corrected chi connectivity index (χ3v) is 3.86. The Bertz CT molecular complexity index is 616. The molecule has 0 bridgehead atoms. The van der Waals surface area contributed by atoms with Gasteiger partial charge in [-0.3, -0.25) is 0 Å². The first-order valence-corrected chi connectivity index (χ1v) is 8.20. The molecule has 0 aliphatic carbocycles. The van der Waals surface area contributed by atoms with Crippen LogP contribution in [0.25, 0.3) is 0 Å². The van der Waals surface area contributed by atoms with Crippen LogP contribution < -0.4 is 10.1 Å². The van der Waals surface area contributed by atoms with Crippen molar-refractivity contribution in [3.05, 3.63) is 57.0 Å². The molecule has 0 aliphatic rings. The fourth-order valence-electron chi connectivity index (χ4n) is 2.02. The molecule has 2 nitrogen and oxygen atoms in total. The van der Waals surface area contributed by atoms with Gasteiger partial charge in [0.05, 0.1) is 5.02 Å². The largest absolute Gasteiger partial charge is 0.455 e. The van der Waals surface area contributed by atoms with Crippen molar-refractivity contribution in [2.24, 2.45) is 0 Å². The Kier molecular flexibility index (Phi) is 6.09. The van der Waals surface area contributed by atoms with Crippen molar-refractivity contribution in [3.63, 3.8) is 0 Å². The van der Waals surface area contributed by atoms with Gasteiger partial charge < -0.3 is 10.1 Å². The standard InChI is InChI=1S/C17H19BrClNO/c1-3-8-20-11-13-9-12(2)4-6-16(13)21-17-7-5-14(18)10-15(17)19/h4-7,9-10,20H,3,8,11H2,1-2H3. The van der Waals surface area contributed by atoms with Crippen molar-refractivity contribution in [1.82, 2.24) is 5.32 Å². The highest BCUT2D eigenvalue weighted by Gasteiger charge is 2.08. The maximum Gasteiger partial charge on any atom is 0.146 e. The molecule has 0 aromatic heterocycles. The summed E-state index contributed by atoms with van der Waals surface area (Å²) in [6.45, 7) is 6.02. The molecule has 0 radical (unpaired) electrons. The molecule has 0 unspecified atom stereocenters. The average Bonchev–Trinajstić information content (AvgIpc) is 2.44. The molecule has 21 heavy (non-hydrogen) atoms. The number of benzene rings is 2. The third kappa shape index (κ3) is 4.73. The van der Waals surface area contributed by atoms with Crippen LogP contribution in [0.2, 0.25) is 5.02 Å². The molecule has 0 saturated heterocycles. The first-order valence-electron chi connectivity index (χ1n) is 7.03. The lowest BCUT2D eigenvalue weighted by Gasteiger charge is -2.14. The predicted molar refractivity (Wildman–Crippen MR) is 92.4 cm³/mol. The highest BCUT2D eigenvalue weighted by molar-refractivity contribution is 9.10. The summed E-state index contributed by atoms with van der Waals surface area (Å²) >= 11 is 9.62. The first kappa shape index (κ1) is 16.3. The summed E-state index contributed by atoms with van der Waals surface area (Å²) < 4.78 is 6.93. The zero-order valence-electron chi connectivity index (χ0n) is 12.2. The second-order valence-electron chi connectivity index (χ2n) is 4.96. The predicted octanol–water partition coefficient (Wildman–Crippen LogP) is 5.70. The quantitative estimate of drug-likeness (QED) is 0.660. The molecule has 4 heteroatoms. The first-order chi connectivity index (χ1) is 10.1. The monoisotopic (exact) mass is 367 g/mol. The van der Waals surface area contributed by atoms with Crippen LogP contribution in [0.1, 0.15) is 24.5 Å². The van der Waals surface area contributed by atoms with E-state index in [0.717, 1.165) is 35.3 Å². The molecular weight excluding hydrogens is 350 g/mol. The summed E-state index contributed by atoms with van der Waals surface area (Å²) in [4.78, 5) is 0. The molecule has 2 aromatic rings. The second-order valence-corrected chi connectivity index (χ2v) is 6.29. The average molecular weight is 369 g/mol. The summed E-state index contributed by atoms with van der Waals surface area (Å²) in [6, 6.07) is 11.8. The van der Waals surface area contributed by atoms with E-state index in [-0.39, 0.29) is 0 Å². The molecule has 0 aliphatic heterocycles. The van der Waals surface area contributed by atoms with Gasteiger partial charge in [-0.05, 0) is 44.2 Å². The van der Waals surface area contributed by atoms with Crippen molar-refractivity contribution < 1.29 is 4.74 Å². The summed E-state index contributed by atoms with van der Waals surface area (Å²) in [7, 11) is 0. The van der Waals surface area contributed by atoms with Crippen molar-refractivity contribution in [1.29, 1.82) is 0 Å². The minimum atomic E-state index is 0.595. The lowest BCUT2D eigenvalue weighted by Crippen LogP contribution is -2.14. The number of halogens is 2. The zero-order valence-corrected chi connectivity index (χ0v) is 14.6. The minimum Gasteiger partial charge on any atom is -0.455 e. The van der Waals surface area contributed by atoms with E-state index in [4.69, 9.17) is 16.3 Å². The Morgan fingerprint density at radius 2 is 1.90 bits per heavy atom. The molecule has 112 valence electrons. The number of hydrogen-bond acceptors (Lipinski definition) is 2. The van der Waals surface area contributed by atoms with Crippen molar-refractivity contribution in [2.75, 3.05) is 6.54 Å². The van der Waals surface area contributed by atoms with E-state index in [0.29, 0.717) is 10.8 Å². The van der Waals surface area contributed by atoms with Crippen LogP contribution in [0.15, 0.2) is 40.9 Å². The molecule has 0 fully saturated rings. The van der Waals surface area contributed by atoms with Gasteiger partial charge >= 0.3 is 0 Å². The third-order valence-electron chi connectivity index (χ3n) is 3.07. The summed E-state index contributed by atoms with van der Waals surface area (Å²) in [5, 5.41) is 4.00. The lowest BCUT2D eigenvalue weighted by atomic mass is 10.1. The van der Waals surface area contributed by atoms with E-state index in [1.165, 1.54) is 5.56 Å². The van der Waals surface area contributed by atoms with E-state index in [2.05, 4.69) is 41.2 Å². The van der Waals surface area contributed by atoms with Gasteiger partial charge in [0.25, 0.3) is 0 Å². The summed E-state index contributed by atoms with van der Waals surface area (Å²) in [5.41, 5.74) is 2.36. The Hall–Kier alpha value is -1.03. The molecule has 0 spiro atoms. The van der Waals surface area contributed by atoms with E-state index in [1.807, 2.05) is 30.3 Å². The van der Waals surface area contributed by atoms with Gasteiger partial charge in [-0.1, -0.05) is 52.2 Å². The van der Waals surface area contributed by atoms with Crippen LogP contribution in [-0.2, 0) is 6.54 Å². The smallest absolute Gasteiger partial charge is 0.146 e. The Morgan fingerprint density at radius 1 is 1.14 bits per heavy atom. The number of nitrogens with one attached hydrogen (secondary N) is 1. The van der Waals surface area contributed by atoms with Crippen LogP contribution >= 0.6 is 27.5 Å². The van der Waals surface area contributed by atoms with Gasteiger partial charge in [-0.25, -0.2) is 0 Å². The SMILES string of the molecule is CCCNCc1cc(C)ccc1Oc1ccc(Br)cc1Cl. The van der Waals surface area contributed by atoms with E-state index in [9.17, 15) is 0 Å². The topological polar surface area (TPSA) is 21.3 Å². The second kappa shape index (κ2) is 7.83. The van der Waals surface area contributed by atoms with Crippen molar-refractivity contribution >= 4 is 27.5 Å². The number of aryl methyl sites for hydroxylation is 1. The molecule has 0 amide bonds. The van der Waals surface area contributed by atoms with Gasteiger partial charge in [0.1, 0.15) is 11.5 Å². The number of rotatable bonds is 6. The fraction of sp³-hybridized carbons (Fsp3) is 0.294. The zero-order chi connectivity index (χ0) is 15.2. The van der Waals surface area contributed by atoms with Crippen LogP contribution in [0, 0.1) is 6.92 Å². The Morgan fingerprint density at radius 3 is 2.62 bits per heavy atom. The Balaban J connectivity index is 2.22. The van der Waals surface area contributed by atoms with Crippen molar-refractivity contribution in [3.8, 4) is 11.5 Å². The van der Waals surface area contributed by atoms with Gasteiger partial charge in [0.2, 0.25) is 0 Å². The number of hydrogen-bond donors (Lipinski definition) is 1. The van der Waals surface area contributed by atoms with Gasteiger partial charge in [0, 0.05) is 16.6 Å². The van der Waals surface area contributed by atoms with Crippen LogP contribution in [-0.4, -0.2) is 6.54 Å². The number of ether oxygens (including phenoxy) is 1. The molecule has 2 rings (SSSR count). The van der Waals surface area contributed by atoms with Crippen molar-refractivity contribution in [2.45, 2.75) is 26.8 Å². The van der Waals surface area contributed by atoms with Gasteiger partial charge in [-0.15, -0.1) is 0 Å². The molecule has 0 atom stereocenters. The lowest BCUT2D eigenvalue weighted by molar-refractivity contribution is 0.472. The minimum absolute atomic E-state index is 0.595. The maximum atomic E-state index is 6.22.